The predicted octanol–water partition coefficient (Wildman–Crippen LogP) is 1.88. The lowest BCUT2D eigenvalue weighted by molar-refractivity contribution is -0.136. The van der Waals surface area contributed by atoms with E-state index in [2.05, 4.69) is 0 Å². The summed E-state index contributed by atoms with van der Waals surface area (Å²) in [6.45, 7) is 0.541. The number of rotatable bonds is 3. The van der Waals surface area contributed by atoms with Crippen LogP contribution in [0, 0.1) is 5.92 Å². The van der Waals surface area contributed by atoms with Crippen LogP contribution in [0.25, 0.3) is 0 Å². The summed E-state index contributed by atoms with van der Waals surface area (Å²) in [5, 5.41) is 0. The van der Waals surface area contributed by atoms with E-state index in [4.69, 9.17) is 0 Å². The van der Waals surface area contributed by atoms with Gasteiger partial charge in [-0.2, -0.15) is 0 Å². The highest BCUT2D eigenvalue weighted by Gasteiger charge is 2.35. The lowest BCUT2D eigenvalue weighted by Gasteiger charge is -2.28. The molecule has 0 heterocycles. The molecule has 0 amide bonds. The van der Waals surface area contributed by atoms with Crippen molar-refractivity contribution in [3.8, 4) is 0 Å². The first kappa shape index (κ1) is 13.0. The summed E-state index contributed by atoms with van der Waals surface area (Å²) in [6.07, 6.45) is 0.989. The van der Waals surface area contributed by atoms with Crippen molar-refractivity contribution in [3.63, 3.8) is 0 Å². The van der Waals surface area contributed by atoms with E-state index < -0.39 is 5.92 Å². The van der Waals surface area contributed by atoms with Gasteiger partial charge in [-0.15, -0.1) is 0 Å². The fourth-order valence-corrected chi connectivity index (χ4v) is 2.55. The van der Waals surface area contributed by atoms with Crippen molar-refractivity contribution in [1.82, 2.24) is 4.90 Å². The van der Waals surface area contributed by atoms with E-state index in [1.165, 1.54) is 0 Å². The molecule has 0 radical (unpaired) electrons. The van der Waals surface area contributed by atoms with Crippen molar-refractivity contribution in [2.45, 2.75) is 18.8 Å². The van der Waals surface area contributed by atoms with E-state index in [-0.39, 0.29) is 17.5 Å². The normalized spacial score (nSPS) is 24.6. The molecule has 18 heavy (non-hydrogen) atoms. The molecule has 0 saturated heterocycles. The molecule has 1 fully saturated rings. The molecule has 0 unspecified atom stereocenters. The van der Waals surface area contributed by atoms with Crippen molar-refractivity contribution in [2.24, 2.45) is 5.92 Å². The maximum Gasteiger partial charge on any atom is 0.145 e. The van der Waals surface area contributed by atoms with Gasteiger partial charge < -0.3 is 4.90 Å². The SMILES string of the molecule is CN(C)CC1C(=O)CC(c2ccccc2)CC1=O. The molecular formula is C15H19NO2. The lowest BCUT2D eigenvalue weighted by Crippen LogP contribution is -2.39. The fraction of sp³-hybridized carbons (Fsp3) is 0.467. The summed E-state index contributed by atoms with van der Waals surface area (Å²) in [5.41, 5.74) is 1.10. The van der Waals surface area contributed by atoms with Crippen molar-refractivity contribution in [1.29, 1.82) is 0 Å². The van der Waals surface area contributed by atoms with Gasteiger partial charge in [0.25, 0.3) is 0 Å². The Hall–Kier alpha value is -1.48. The highest BCUT2D eigenvalue weighted by molar-refractivity contribution is 6.05. The van der Waals surface area contributed by atoms with Gasteiger partial charge in [-0.3, -0.25) is 9.59 Å². The van der Waals surface area contributed by atoms with Gasteiger partial charge in [-0.1, -0.05) is 30.3 Å². The minimum absolute atomic E-state index is 0.0737. The summed E-state index contributed by atoms with van der Waals surface area (Å²) < 4.78 is 0. The Balaban J connectivity index is 2.10. The molecule has 1 aliphatic carbocycles. The third-order valence-corrected chi connectivity index (χ3v) is 3.49. The van der Waals surface area contributed by atoms with Crippen LogP contribution in [0.4, 0.5) is 0 Å². The van der Waals surface area contributed by atoms with Crippen LogP contribution >= 0.6 is 0 Å². The van der Waals surface area contributed by atoms with Gasteiger partial charge >= 0.3 is 0 Å². The summed E-state index contributed by atoms with van der Waals surface area (Å²) in [6, 6.07) is 9.85. The number of hydrogen-bond donors (Lipinski definition) is 0. The average molecular weight is 245 g/mol. The Labute approximate surface area is 108 Å². The highest BCUT2D eigenvalue weighted by Crippen LogP contribution is 2.31. The van der Waals surface area contributed by atoms with E-state index in [9.17, 15) is 9.59 Å². The number of carbonyl (C=O) groups is 2. The Bertz CT molecular complexity index is 421. The maximum atomic E-state index is 12.1. The first-order valence-corrected chi connectivity index (χ1v) is 6.33. The Kier molecular flexibility index (Phi) is 3.92. The van der Waals surface area contributed by atoms with Crippen LogP contribution in [-0.4, -0.2) is 37.1 Å². The fourth-order valence-electron chi connectivity index (χ4n) is 2.55. The van der Waals surface area contributed by atoms with Crippen LogP contribution in [0.2, 0.25) is 0 Å². The quantitative estimate of drug-likeness (QED) is 0.763. The van der Waals surface area contributed by atoms with Crippen molar-refractivity contribution in [3.05, 3.63) is 35.9 Å². The number of benzene rings is 1. The molecule has 0 atom stereocenters. The number of ketones is 2. The Morgan fingerprint density at radius 3 is 2.11 bits per heavy atom. The minimum Gasteiger partial charge on any atom is -0.308 e. The largest absolute Gasteiger partial charge is 0.308 e. The second kappa shape index (κ2) is 5.44. The second-order valence-electron chi connectivity index (χ2n) is 5.26. The zero-order valence-corrected chi connectivity index (χ0v) is 10.9. The predicted molar refractivity (Wildman–Crippen MR) is 70.5 cm³/mol. The second-order valence-corrected chi connectivity index (χ2v) is 5.26. The zero-order valence-electron chi connectivity index (χ0n) is 10.9. The van der Waals surface area contributed by atoms with E-state index in [0.29, 0.717) is 19.4 Å². The molecule has 3 heteroatoms. The monoisotopic (exact) mass is 245 g/mol. The van der Waals surface area contributed by atoms with Crippen LogP contribution in [0.1, 0.15) is 24.3 Å². The van der Waals surface area contributed by atoms with Crippen LogP contribution in [0.5, 0.6) is 0 Å². The molecule has 3 nitrogen and oxygen atoms in total. The Morgan fingerprint density at radius 2 is 1.61 bits per heavy atom. The average Bonchev–Trinajstić information content (AvgIpc) is 2.34. The van der Waals surface area contributed by atoms with Crippen molar-refractivity contribution in [2.75, 3.05) is 20.6 Å². The maximum absolute atomic E-state index is 12.1. The van der Waals surface area contributed by atoms with Gasteiger partial charge in [-0.05, 0) is 25.6 Å². The first-order valence-electron chi connectivity index (χ1n) is 6.33. The molecule has 2 rings (SSSR count). The molecule has 1 saturated carbocycles. The number of nitrogens with zero attached hydrogens (tertiary/aromatic N) is 1. The van der Waals surface area contributed by atoms with Crippen molar-refractivity contribution < 1.29 is 9.59 Å². The molecule has 0 bridgehead atoms. The third kappa shape index (κ3) is 2.85. The van der Waals surface area contributed by atoms with Gasteiger partial charge in [0.2, 0.25) is 0 Å². The minimum atomic E-state index is -0.417. The molecule has 1 aromatic rings. The Morgan fingerprint density at radius 1 is 1.06 bits per heavy atom. The van der Waals surface area contributed by atoms with E-state index in [1.54, 1.807) is 0 Å². The molecule has 0 N–H and O–H groups in total. The number of Topliss-reactive ketones (excluding diaryl/α,β-unsaturated/α-hetero) is 2. The first-order chi connectivity index (χ1) is 8.58. The summed E-state index contributed by atoms with van der Waals surface area (Å²) in [4.78, 5) is 26.1. The third-order valence-electron chi connectivity index (χ3n) is 3.49. The molecule has 1 aliphatic rings. The van der Waals surface area contributed by atoms with E-state index >= 15 is 0 Å². The van der Waals surface area contributed by atoms with E-state index in [0.717, 1.165) is 5.56 Å². The van der Waals surface area contributed by atoms with Crippen LogP contribution < -0.4 is 0 Å². The number of hydrogen-bond acceptors (Lipinski definition) is 3. The summed E-state index contributed by atoms with van der Waals surface area (Å²) in [5.74, 6) is -0.160. The standard InChI is InChI=1S/C15H19NO2/c1-16(2)10-13-14(17)8-12(9-15(13)18)11-6-4-3-5-7-11/h3-7,12-13H,8-10H2,1-2H3. The van der Waals surface area contributed by atoms with Crippen molar-refractivity contribution >= 4 is 11.6 Å². The smallest absolute Gasteiger partial charge is 0.145 e. The molecule has 1 aromatic carbocycles. The topological polar surface area (TPSA) is 37.4 Å². The summed E-state index contributed by atoms with van der Waals surface area (Å²) in [7, 11) is 3.79. The lowest BCUT2D eigenvalue weighted by atomic mass is 9.77. The van der Waals surface area contributed by atoms with Crippen LogP contribution in [0.3, 0.4) is 0 Å². The highest BCUT2D eigenvalue weighted by atomic mass is 16.2. The van der Waals surface area contributed by atoms with Gasteiger partial charge in [0.15, 0.2) is 0 Å². The molecule has 96 valence electrons. The molecule has 0 spiro atoms. The van der Waals surface area contributed by atoms with Crippen LogP contribution in [0.15, 0.2) is 30.3 Å². The van der Waals surface area contributed by atoms with Gasteiger partial charge in [-0.25, -0.2) is 0 Å². The van der Waals surface area contributed by atoms with Crippen LogP contribution in [-0.2, 0) is 9.59 Å². The molecular weight excluding hydrogens is 226 g/mol. The number of carbonyl (C=O) groups excluding carboxylic acids is 2. The zero-order chi connectivity index (χ0) is 13.1. The van der Waals surface area contributed by atoms with Gasteiger partial charge in [0.1, 0.15) is 11.6 Å². The van der Waals surface area contributed by atoms with Gasteiger partial charge in [0, 0.05) is 19.4 Å². The molecule has 0 aromatic heterocycles. The summed E-state index contributed by atoms with van der Waals surface area (Å²) >= 11 is 0. The molecule has 0 aliphatic heterocycles. The van der Waals surface area contributed by atoms with E-state index in [1.807, 2.05) is 49.3 Å². The van der Waals surface area contributed by atoms with Gasteiger partial charge in [0.05, 0.1) is 5.92 Å².